The monoisotopic (exact) mass is 597 g/mol. The topological polar surface area (TPSA) is 3.24 Å². The molecule has 0 spiro atoms. The zero-order chi connectivity index (χ0) is 31.4. The summed E-state index contributed by atoms with van der Waals surface area (Å²) in [6.45, 7) is 12.1. The SMILES string of the molecule is Cc1ccc(N2c3ccc(-c4ccc5c(c4)C(C)(C)c4ccc6c(ccc7ccccc76)c4-5)cc3CC3(C)CCCCC23C)cc1. The van der Waals surface area contributed by atoms with Crippen molar-refractivity contribution in [2.45, 2.75) is 77.7 Å². The van der Waals surface area contributed by atoms with Crippen LogP contribution < -0.4 is 4.90 Å². The first-order valence-electron chi connectivity index (χ1n) is 17.3. The van der Waals surface area contributed by atoms with Gasteiger partial charge in [0, 0.05) is 22.3 Å². The van der Waals surface area contributed by atoms with Crippen molar-refractivity contribution in [1.29, 1.82) is 0 Å². The molecule has 1 saturated carbocycles. The van der Waals surface area contributed by atoms with E-state index < -0.39 is 0 Å². The molecular formula is C45H43N. The highest BCUT2D eigenvalue weighted by atomic mass is 15.2. The molecule has 0 amide bonds. The van der Waals surface area contributed by atoms with Crippen LogP contribution in [0.15, 0.2) is 109 Å². The fourth-order valence-electron chi connectivity index (χ4n) is 9.65. The number of fused-ring (bicyclic) bond motifs is 9. The van der Waals surface area contributed by atoms with Gasteiger partial charge in [-0.1, -0.05) is 118 Å². The number of hydrogen-bond acceptors (Lipinski definition) is 1. The van der Waals surface area contributed by atoms with E-state index in [1.807, 2.05) is 0 Å². The molecule has 2 aliphatic carbocycles. The molecule has 2 atom stereocenters. The summed E-state index contributed by atoms with van der Waals surface area (Å²) in [7, 11) is 0. The van der Waals surface area contributed by atoms with Gasteiger partial charge in [0.15, 0.2) is 0 Å². The molecule has 1 heteroatoms. The molecule has 1 heterocycles. The highest BCUT2D eigenvalue weighted by Crippen LogP contribution is 2.58. The molecule has 9 rings (SSSR count). The van der Waals surface area contributed by atoms with Gasteiger partial charge >= 0.3 is 0 Å². The van der Waals surface area contributed by atoms with Crippen LogP contribution >= 0.6 is 0 Å². The maximum absolute atomic E-state index is 2.71. The predicted octanol–water partition coefficient (Wildman–Crippen LogP) is 12.3. The minimum Gasteiger partial charge on any atom is -0.335 e. The lowest BCUT2D eigenvalue weighted by atomic mass is 9.57. The lowest BCUT2D eigenvalue weighted by Gasteiger charge is -2.60. The maximum atomic E-state index is 2.71. The summed E-state index contributed by atoms with van der Waals surface area (Å²) in [6.07, 6.45) is 6.29. The van der Waals surface area contributed by atoms with Crippen molar-refractivity contribution in [3.63, 3.8) is 0 Å². The van der Waals surface area contributed by atoms with Crippen LogP contribution in [0.2, 0.25) is 0 Å². The molecule has 6 aromatic rings. The number of rotatable bonds is 2. The van der Waals surface area contributed by atoms with E-state index in [4.69, 9.17) is 0 Å². The van der Waals surface area contributed by atoms with E-state index in [1.165, 1.54) is 103 Å². The van der Waals surface area contributed by atoms with E-state index in [1.54, 1.807) is 0 Å². The van der Waals surface area contributed by atoms with Crippen molar-refractivity contribution in [2.75, 3.05) is 4.90 Å². The highest BCUT2D eigenvalue weighted by Gasteiger charge is 2.53. The second-order valence-electron chi connectivity index (χ2n) is 15.5. The normalized spacial score (nSPS) is 22.8. The third-order valence-electron chi connectivity index (χ3n) is 12.5. The number of hydrogen-bond donors (Lipinski definition) is 0. The van der Waals surface area contributed by atoms with Crippen molar-refractivity contribution >= 4 is 32.9 Å². The molecule has 0 bridgehead atoms. The number of aryl methyl sites for hydroxylation is 1. The van der Waals surface area contributed by atoms with Crippen LogP contribution in [0.5, 0.6) is 0 Å². The minimum absolute atomic E-state index is 0.0612. The lowest BCUT2D eigenvalue weighted by Crippen LogP contribution is -2.60. The average molecular weight is 598 g/mol. The molecule has 46 heavy (non-hydrogen) atoms. The van der Waals surface area contributed by atoms with Crippen LogP contribution in [0.25, 0.3) is 43.8 Å². The summed E-state index contributed by atoms with van der Waals surface area (Å²) in [5, 5.41) is 5.35. The molecule has 1 nitrogen and oxygen atoms in total. The van der Waals surface area contributed by atoms with E-state index >= 15 is 0 Å². The summed E-state index contributed by atoms with van der Waals surface area (Å²) in [6, 6.07) is 42.0. The molecule has 0 N–H and O–H groups in total. The molecule has 228 valence electrons. The molecule has 2 unspecified atom stereocenters. The summed E-state index contributed by atoms with van der Waals surface area (Å²) in [5.41, 5.74) is 14.1. The Balaban J connectivity index is 1.18. The molecule has 3 aliphatic rings. The summed E-state index contributed by atoms with van der Waals surface area (Å²) in [5.74, 6) is 0. The van der Waals surface area contributed by atoms with Crippen LogP contribution in [-0.4, -0.2) is 5.54 Å². The van der Waals surface area contributed by atoms with Gasteiger partial charge < -0.3 is 4.90 Å². The van der Waals surface area contributed by atoms with E-state index in [2.05, 4.69) is 149 Å². The third kappa shape index (κ3) is 3.75. The summed E-state index contributed by atoms with van der Waals surface area (Å²) >= 11 is 0. The van der Waals surface area contributed by atoms with Gasteiger partial charge in [-0.3, -0.25) is 0 Å². The van der Waals surface area contributed by atoms with Crippen LogP contribution in [-0.2, 0) is 11.8 Å². The molecule has 0 radical (unpaired) electrons. The standard InChI is InChI=1S/C45H43N/c1-29-12-17-34(18-13-29)46-41-23-16-31(26-33(41)28-44(4)24-8-9-25-45(44,46)5)32-15-20-38-40(27-32)43(2,3)39-22-21-36-35-11-7-6-10-30(35)14-19-37(36)42(38)39/h6-7,10-23,26-27H,8-9,24-25,28H2,1-5H3. The zero-order valence-corrected chi connectivity index (χ0v) is 27.9. The molecule has 0 saturated heterocycles. The van der Waals surface area contributed by atoms with E-state index in [0.29, 0.717) is 0 Å². The van der Waals surface area contributed by atoms with Gasteiger partial charge in [0.25, 0.3) is 0 Å². The Kier molecular flexibility index (Phi) is 5.81. The van der Waals surface area contributed by atoms with Gasteiger partial charge in [0.1, 0.15) is 0 Å². The van der Waals surface area contributed by atoms with Crippen molar-refractivity contribution in [1.82, 2.24) is 0 Å². The number of nitrogens with zero attached hydrogens (tertiary/aromatic N) is 1. The Morgan fingerprint density at radius 2 is 1.35 bits per heavy atom. The summed E-state index contributed by atoms with van der Waals surface area (Å²) < 4.78 is 0. The molecular weight excluding hydrogens is 555 g/mol. The van der Waals surface area contributed by atoms with E-state index in [0.717, 1.165) is 6.42 Å². The van der Waals surface area contributed by atoms with Gasteiger partial charge in [0.05, 0.1) is 0 Å². The van der Waals surface area contributed by atoms with Gasteiger partial charge in [-0.25, -0.2) is 0 Å². The molecule has 6 aromatic carbocycles. The van der Waals surface area contributed by atoms with Crippen molar-refractivity contribution in [3.8, 4) is 22.3 Å². The van der Waals surface area contributed by atoms with E-state index in [-0.39, 0.29) is 16.4 Å². The van der Waals surface area contributed by atoms with Crippen LogP contribution in [0.4, 0.5) is 11.4 Å². The van der Waals surface area contributed by atoms with Crippen molar-refractivity contribution in [3.05, 3.63) is 131 Å². The van der Waals surface area contributed by atoms with E-state index in [9.17, 15) is 0 Å². The van der Waals surface area contributed by atoms with Crippen molar-refractivity contribution in [2.24, 2.45) is 5.41 Å². The molecule has 1 aliphatic heterocycles. The fourth-order valence-corrected chi connectivity index (χ4v) is 9.65. The van der Waals surface area contributed by atoms with Gasteiger partial charge in [0.2, 0.25) is 0 Å². The van der Waals surface area contributed by atoms with Gasteiger partial charge in [-0.2, -0.15) is 0 Å². The predicted molar refractivity (Wildman–Crippen MR) is 196 cm³/mol. The first-order valence-corrected chi connectivity index (χ1v) is 17.3. The lowest BCUT2D eigenvalue weighted by molar-refractivity contribution is 0.0863. The Bertz CT molecular complexity index is 2200. The van der Waals surface area contributed by atoms with Gasteiger partial charge in [-0.15, -0.1) is 0 Å². The molecule has 1 fully saturated rings. The van der Waals surface area contributed by atoms with Crippen LogP contribution in [0.1, 0.15) is 75.6 Å². The first-order chi connectivity index (χ1) is 22.2. The maximum Gasteiger partial charge on any atom is 0.0480 e. The minimum atomic E-state index is -0.0612. The Hall–Kier alpha value is -4.36. The Morgan fingerprint density at radius 3 is 2.20 bits per heavy atom. The highest BCUT2D eigenvalue weighted by molar-refractivity contribution is 6.14. The first kappa shape index (κ1) is 27.9. The smallest absolute Gasteiger partial charge is 0.0480 e. The zero-order valence-electron chi connectivity index (χ0n) is 27.9. The fraction of sp³-hybridized carbons (Fsp3) is 0.289. The molecule has 0 aromatic heterocycles. The Morgan fingerprint density at radius 1 is 0.609 bits per heavy atom. The van der Waals surface area contributed by atoms with Crippen molar-refractivity contribution < 1.29 is 0 Å². The quantitative estimate of drug-likeness (QED) is 0.179. The second-order valence-corrected chi connectivity index (χ2v) is 15.5. The second kappa shape index (κ2) is 9.58. The largest absolute Gasteiger partial charge is 0.335 e. The van der Waals surface area contributed by atoms with Gasteiger partial charge in [-0.05, 0) is 129 Å². The number of benzene rings is 6. The third-order valence-corrected chi connectivity index (χ3v) is 12.5. The number of anilines is 2. The summed E-state index contributed by atoms with van der Waals surface area (Å²) in [4.78, 5) is 2.71. The van der Waals surface area contributed by atoms with Crippen LogP contribution in [0, 0.1) is 12.3 Å². The Labute approximate surface area is 273 Å². The average Bonchev–Trinajstić information content (AvgIpc) is 3.29. The van der Waals surface area contributed by atoms with Crippen LogP contribution in [0.3, 0.4) is 0 Å².